The molecule has 0 saturated heterocycles. The van der Waals surface area contributed by atoms with E-state index in [1.54, 1.807) is 0 Å². The molecule has 11 heavy (non-hydrogen) atoms. The summed E-state index contributed by atoms with van der Waals surface area (Å²) >= 11 is 0. The molecule has 0 spiro atoms. The van der Waals surface area contributed by atoms with Gasteiger partial charge in [0, 0.05) is 12.7 Å². The molecule has 0 bridgehead atoms. The summed E-state index contributed by atoms with van der Waals surface area (Å²) in [6.45, 7) is 4.37. The molecule has 1 heteroatoms. The van der Waals surface area contributed by atoms with Crippen molar-refractivity contribution in [3.05, 3.63) is 36.9 Å². The second kappa shape index (κ2) is 3.42. The molecule has 0 aliphatic rings. The predicted molar refractivity (Wildman–Crippen MR) is 49.5 cm³/mol. The van der Waals surface area contributed by atoms with Gasteiger partial charge in [-0.05, 0) is 23.6 Å². The van der Waals surface area contributed by atoms with Gasteiger partial charge in [0.2, 0.25) is 0 Å². The zero-order chi connectivity index (χ0) is 8.27. The molecular formula is C10H14N. The standard InChI is InChI=1S/C10H14N/c1-8(2)9-4-6-10(11-3)7-5-9/h4-8,11H,3H2,1-2H3. The largest absolute Gasteiger partial charge is 0.383 e. The van der Waals surface area contributed by atoms with E-state index in [1.807, 2.05) is 12.1 Å². The Bertz CT molecular complexity index is 211. The summed E-state index contributed by atoms with van der Waals surface area (Å²) in [5, 5.41) is 2.84. The average Bonchev–Trinajstić information content (AvgIpc) is 2.05. The molecule has 1 aromatic rings. The molecule has 0 aromatic heterocycles. The highest BCUT2D eigenvalue weighted by Gasteiger charge is 1.96. The molecular weight excluding hydrogens is 134 g/mol. The first-order valence-electron chi connectivity index (χ1n) is 3.87. The molecule has 0 heterocycles. The van der Waals surface area contributed by atoms with E-state index in [1.165, 1.54) is 5.56 Å². The van der Waals surface area contributed by atoms with Crippen molar-refractivity contribution in [3.63, 3.8) is 0 Å². The van der Waals surface area contributed by atoms with Crippen LogP contribution in [0.1, 0.15) is 25.3 Å². The Morgan fingerprint density at radius 1 is 1.18 bits per heavy atom. The van der Waals surface area contributed by atoms with E-state index < -0.39 is 0 Å². The molecule has 59 valence electrons. The highest BCUT2D eigenvalue weighted by atomic mass is 14.8. The summed E-state index contributed by atoms with van der Waals surface area (Å²) in [4.78, 5) is 0. The Hall–Kier alpha value is -0.980. The van der Waals surface area contributed by atoms with Gasteiger partial charge in [0.1, 0.15) is 0 Å². The van der Waals surface area contributed by atoms with Crippen LogP contribution < -0.4 is 5.32 Å². The number of nitrogens with one attached hydrogen (secondary N) is 1. The Morgan fingerprint density at radius 3 is 2.09 bits per heavy atom. The lowest BCUT2D eigenvalue weighted by atomic mass is 10.0. The van der Waals surface area contributed by atoms with E-state index in [0.29, 0.717) is 5.92 Å². The minimum absolute atomic E-state index is 0.605. The first-order chi connectivity index (χ1) is 5.24. The Kier molecular flexibility index (Phi) is 2.53. The molecule has 0 amide bonds. The minimum atomic E-state index is 0.605. The van der Waals surface area contributed by atoms with E-state index in [9.17, 15) is 0 Å². The fourth-order valence-corrected chi connectivity index (χ4v) is 0.986. The lowest BCUT2D eigenvalue weighted by Gasteiger charge is -2.05. The Labute approximate surface area is 68.4 Å². The number of hydrogen-bond donors (Lipinski definition) is 1. The summed E-state index contributed by atoms with van der Waals surface area (Å²) < 4.78 is 0. The van der Waals surface area contributed by atoms with Gasteiger partial charge >= 0.3 is 0 Å². The smallest absolute Gasteiger partial charge is 0.0340 e. The zero-order valence-corrected chi connectivity index (χ0v) is 7.09. The van der Waals surface area contributed by atoms with E-state index in [2.05, 4.69) is 38.3 Å². The average molecular weight is 148 g/mol. The monoisotopic (exact) mass is 148 g/mol. The van der Waals surface area contributed by atoms with Crippen LogP contribution in [0.2, 0.25) is 0 Å². The van der Waals surface area contributed by atoms with Crippen LogP contribution in [-0.2, 0) is 0 Å². The van der Waals surface area contributed by atoms with Crippen LogP contribution in [0.3, 0.4) is 0 Å². The number of rotatable bonds is 2. The van der Waals surface area contributed by atoms with Gasteiger partial charge < -0.3 is 5.32 Å². The van der Waals surface area contributed by atoms with Crippen LogP contribution in [0, 0.1) is 7.05 Å². The van der Waals surface area contributed by atoms with Crippen molar-refractivity contribution in [2.24, 2.45) is 0 Å². The van der Waals surface area contributed by atoms with Crippen LogP contribution in [-0.4, -0.2) is 0 Å². The summed E-state index contributed by atoms with van der Waals surface area (Å²) in [5.74, 6) is 0.605. The van der Waals surface area contributed by atoms with Gasteiger partial charge in [-0.2, -0.15) is 0 Å². The van der Waals surface area contributed by atoms with Crippen LogP contribution in [0.4, 0.5) is 5.69 Å². The van der Waals surface area contributed by atoms with Crippen molar-refractivity contribution in [3.8, 4) is 0 Å². The van der Waals surface area contributed by atoms with E-state index in [4.69, 9.17) is 0 Å². The number of anilines is 1. The van der Waals surface area contributed by atoms with E-state index in [-0.39, 0.29) is 0 Å². The van der Waals surface area contributed by atoms with Crippen LogP contribution >= 0.6 is 0 Å². The molecule has 0 aliphatic heterocycles. The molecule has 1 aromatic carbocycles. The zero-order valence-electron chi connectivity index (χ0n) is 7.09. The third-order valence-electron chi connectivity index (χ3n) is 1.78. The normalized spacial score (nSPS) is 10.2. The highest BCUT2D eigenvalue weighted by Crippen LogP contribution is 2.16. The molecule has 0 aliphatic carbocycles. The molecule has 1 radical (unpaired) electrons. The molecule has 0 atom stereocenters. The topological polar surface area (TPSA) is 12.0 Å². The second-order valence-corrected chi connectivity index (χ2v) is 2.95. The molecule has 1 rings (SSSR count). The first kappa shape index (κ1) is 8.12. The maximum Gasteiger partial charge on any atom is 0.0340 e. The van der Waals surface area contributed by atoms with Crippen LogP contribution in [0.25, 0.3) is 0 Å². The third-order valence-corrected chi connectivity index (χ3v) is 1.78. The second-order valence-electron chi connectivity index (χ2n) is 2.95. The van der Waals surface area contributed by atoms with Gasteiger partial charge in [-0.1, -0.05) is 26.0 Å². The maximum atomic E-state index is 3.58. The fourth-order valence-electron chi connectivity index (χ4n) is 0.986. The quantitative estimate of drug-likeness (QED) is 0.679. The first-order valence-corrected chi connectivity index (χ1v) is 3.87. The Balaban J connectivity index is 2.83. The molecule has 0 saturated carbocycles. The van der Waals surface area contributed by atoms with Crippen molar-refractivity contribution in [1.82, 2.24) is 0 Å². The molecule has 1 N–H and O–H groups in total. The van der Waals surface area contributed by atoms with Crippen molar-refractivity contribution >= 4 is 5.69 Å². The maximum absolute atomic E-state index is 3.58. The van der Waals surface area contributed by atoms with Crippen molar-refractivity contribution in [1.29, 1.82) is 0 Å². The van der Waals surface area contributed by atoms with Gasteiger partial charge in [-0.15, -0.1) is 0 Å². The highest BCUT2D eigenvalue weighted by molar-refractivity contribution is 5.45. The predicted octanol–water partition coefficient (Wildman–Crippen LogP) is 3.01. The number of benzene rings is 1. The molecule has 1 nitrogen and oxygen atoms in total. The molecule has 0 fully saturated rings. The third kappa shape index (κ3) is 1.97. The summed E-state index contributed by atoms with van der Waals surface area (Å²) in [5.41, 5.74) is 2.43. The minimum Gasteiger partial charge on any atom is -0.383 e. The lowest BCUT2D eigenvalue weighted by Crippen LogP contribution is -1.88. The fraction of sp³-hybridized carbons (Fsp3) is 0.300. The van der Waals surface area contributed by atoms with Crippen molar-refractivity contribution in [2.75, 3.05) is 5.32 Å². The van der Waals surface area contributed by atoms with Crippen LogP contribution in [0.15, 0.2) is 24.3 Å². The van der Waals surface area contributed by atoms with Gasteiger partial charge in [-0.3, -0.25) is 0 Å². The van der Waals surface area contributed by atoms with Gasteiger partial charge in [-0.25, -0.2) is 0 Å². The summed E-state index contributed by atoms with van der Waals surface area (Å²) in [6, 6.07) is 8.33. The number of hydrogen-bond acceptors (Lipinski definition) is 1. The van der Waals surface area contributed by atoms with Crippen molar-refractivity contribution < 1.29 is 0 Å². The van der Waals surface area contributed by atoms with Gasteiger partial charge in [0.05, 0.1) is 0 Å². The summed E-state index contributed by atoms with van der Waals surface area (Å²) in [7, 11) is 3.58. The summed E-state index contributed by atoms with van der Waals surface area (Å²) in [6.07, 6.45) is 0. The van der Waals surface area contributed by atoms with Crippen LogP contribution in [0.5, 0.6) is 0 Å². The van der Waals surface area contributed by atoms with Gasteiger partial charge in [0.15, 0.2) is 0 Å². The van der Waals surface area contributed by atoms with E-state index in [0.717, 1.165) is 5.69 Å². The van der Waals surface area contributed by atoms with Gasteiger partial charge in [0.25, 0.3) is 0 Å². The lowest BCUT2D eigenvalue weighted by molar-refractivity contribution is 0.867. The van der Waals surface area contributed by atoms with Crippen molar-refractivity contribution in [2.45, 2.75) is 19.8 Å². The SMILES string of the molecule is [CH2]Nc1ccc(C(C)C)cc1. The Morgan fingerprint density at radius 2 is 1.73 bits per heavy atom. The molecule has 0 unspecified atom stereocenters. The van der Waals surface area contributed by atoms with E-state index >= 15 is 0 Å².